The molecular formula is C18H24N2O3. The molecule has 1 saturated carbocycles. The number of carbonyl (C=O) groups is 2. The molecule has 1 unspecified atom stereocenters. The first-order chi connectivity index (χ1) is 11.1. The number of ether oxygens (including phenoxy) is 1. The van der Waals surface area contributed by atoms with Crippen LogP contribution in [-0.4, -0.2) is 24.0 Å². The Hall–Kier alpha value is -2.04. The molecule has 0 aromatic heterocycles. The summed E-state index contributed by atoms with van der Waals surface area (Å²) in [6.45, 7) is 1.71. The van der Waals surface area contributed by atoms with Crippen LogP contribution >= 0.6 is 0 Å². The van der Waals surface area contributed by atoms with Crippen molar-refractivity contribution in [1.82, 2.24) is 5.32 Å². The minimum Gasteiger partial charge on any atom is -0.479 e. The number of hydrogen-bond donors (Lipinski definition) is 2. The molecule has 1 heterocycles. The summed E-state index contributed by atoms with van der Waals surface area (Å²) in [6.07, 6.45) is 6.96. The third-order valence-corrected chi connectivity index (χ3v) is 4.56. The first-order valence-corrected chi connectivity index (χ1v) is 8.51. The average Bonchev–Trinajstić information content (AvgIpc) is 2.77. The van der Waals surface area contributed by atoms with Crippen LogP contribution in [0.15, 0.2) is 18.2 Å². The highest BCUT2D eigenvalue weighted by atomic mass is 16.5. The van der Waals surface area contributed by atoms with E-state index in [9.17, 15) is 9.59 Å². The summed E-state index contributed by atoms with van der Waals surface area (Å²) in [7, 11) is 0. The van der Waals surface area contributed by atoms with Crippen molar-refractivity contribution in [2.24, 2.45) is 0 Å². The Labute approximate surface area is 136 Å². The zero-order chi connectivity index (χ0) is 16.2. The van der Waals surface area contributed by atoms with Gasteiger partial charge in [0.1, 0.15) is 5.75 Å². The Kier molecular flexibility index (Phi) is 4.84. The fourth-order valence-corrected chi connectivity index (χ4v) is 3.25. The highest BCUT2D eigenvalue weighted by molar-refractivity contribution is 5.97. The van der Waals surface area contributed by atoms with Crippen molar-refractivity contribution in [3.63, 3.8) is 0 Å². The minimum atomic E-state index is -0.480. The quantitative estimate of drug-likeness (QED) is 0.843. The van der Waals surface area contributed by atoms with E-state index in [4.69, 9.17) is 4.74 Å². The Morgan fingerprint density at radius 2 is 2.00 bits per heavy atom. The molecule has 2 aliphatic rings. The van der Waals surface area contributed by atoms with Crippen LogP contribution in [0.1, 0.15) is 51.0 Å². The summed E-state index contributed by atoms with van der Waals surface area (Å²) in [5.74, 6) is 0.552. The summed E-state index contributed by atoms with van der Waals surface area (Å²) in [6, 6.07) is 5.84. The number of amides is 2. The fourth-order valence-electron chi connectivity index (χ4n) is 3.25. The molecule has 124 valence electrons. The van der Waals surface area contributed by atoms with E-state index in [1.807, 2.05) is 18.2 Å². The van der Waals surface area contributed by atoms with Crippen LogP contribution in [0.2, 0.25) is 0 Å². The molecule has 5 heteroatoms. The average molecular weight is 316 g/mol. The van der Waals surface area contributed by atoms with Gasteiger partial charge in [0.05, 0.1) is 12.1 Å². The maximum absolute atomic E-state index is 12.2. The fraction of sp³-hybridized carbons (Fsp3) is 0.556. The van der Waals surface area contributed by atoms with Gasteiger partial charge in [-0.3, -0.25) is 9.59 Å². The van der Waals surface area contributed by atoms with Gasteiger partial charge in [0.15, 0.2) is 6.10 Å². The zero-order valence-electron chi connectivity index (χ0n) is 13.6. The molecule has 5 nitrogen and oxygen atoms in total. The largest absolute Gasteiger partial charge is 0.479 e. The number of hydrogen-bond acceptors (Lipinski definition) is 3. The van der Waals surface area contributed by atoms with Crippen molar-refractivity contribution >= 4 is 17.5 Å². The molecule has 0 spiro atoms. The lowest BCUT2D eigenvalue weighted by Gasteiger charge is -2.23. The van der Waals surface area contributed by atoms with Gasteiger partial charge in [0, 0.05) is 6.04 Å². The van der Waals surface area contributed by atoms with Gasteiger partial charge in [-0.1, -0.05) is 31.7 Å². The van der Waals surface area contributed by atoms with Crippen molar-refractivity contribution in [1.29, 1.82) is 0 Å². The summed E-state index contributed by atoms with van der Waals surface area (Å²) in [5, 5.41) is 5.96. The molecule has 0 bridgehead atoms. The van der Waals surface area contributed by atoms with Crippen molar-refractivity contribution < 1.29 is 14.3 Å². The molecule has 0 saturated heterocycles. The smallest absolute Gasteiger partial charge is 0.265 e. The standard InChI is InChI=1S/C18H24N2O3/c1-12-18(22)20-15-10-13(8-9-16(15)23-12)11-17(21)19-14-6-4-2-3-5-7-14/h8-10,12,14H,2-7,11H2,1H3,(H,19,21)(H,20,22). The van der Waals surface area contributed by atoms with Crippen LogP contribution in [0.4, 0.5) is 5.69 Å². The van der Waals surface area contributed by atoms with E-state index in [0.29, 0.717) is 23.9 Å². The van der Waals surface area contributed by atoms with Crippen molar-refractivity contribution in [2.75, 3.05) is 5.32 Å². The highest BCUT2D eigenvalue weighted by Crippen LogP contribution is 2.30. The topological polar surface area (TPSA) is 67.4 Å². The van der Waals surface area contributed by atoms with Gasteiger partial charge in [0.25, 0.3) is 5.91 Å². The molecule has 3 rings (SSSR count). The molecule has 1 atom stereocenters. The van der Waals surface area contributed by atoms with Gasteiger partial charge < -0.3 is 15.4 Å². The van der Waals surface area contributed by atoms with Crippen LogP contribution in [0.3, 0.4) is 0 Å². The van der Waals surface area contributed by atoms with Gasteiger partial charge >= 0.3 is 0 Å². The van der Waals surface area contributed by atoms with Crippen LogP contribution in [0.5, 0.6) is 5.75 Å². The van der Waals surface area contributed by atoms with Crippen LogP contribution in [-0.2, 0) is 16.0 Å². The van der Waals surface area contributed by atoms with E-state index >= 15 is 0 Å². The predicted molar refractivity (Wildman–Crippen MR) is 88.5 cm³/mol. The second-order valence-corrected chi connectivity index (χ2v) is 6.51. The molecule has 23 heavy (non-hydrogen) atoms. The van der Waals surface area contributed by atoms with Gasteiger partial charge in [-0.15, -0.1) is 0 Å². The number of anilines is 1. The van der Waals surface area contributed by atoms with E-state index in [-0.39, 0.29) is 11.8 Å². The van der Waals surface area contributed by atoms with Gasteiger partial charge in [-0.25, -0.2) is 0 Å². The number of nitrogens with one attached hydrogen (secondary N) is 2. The monoisotopic (exact) mass is 316 g/mol. The third-order valence-electron chi connectivity index (χ3n) is 4.56. The minimum absolute atomic E-state index is 0.0493. The van der Waals surface area contributed by atoms with Gasteiger partial charge in [0.2, 0.25) is 5.91 Å². The first-order valence-electron chi connectivity index (χ1n) is 8.51. The molecule has 1 aromatic carbocycles. The van der Waals surface area contributed by atoms with E-state index in [1.165, 1.54) is 25.7 Å². The molecule has 1 aliphatic carbocycles. The zero-order valence-corrected chi connectivity index (χ0v) is 13.6. The third kappa shape index (κ3) is 4.03. The Bertz CT molecular complexity index is 592. The molecule has 1 aliphatic heterocycles. The number of benzene rings is 1. The number of fused-ring (bicyclic) bond motifs is 1. The summed E-state index contributed by atoms with van der Waals surface area (Å²) >= 11 is 0. The van der Waals surface area contributed by atoms with Crippen LogP contribution < -0.4 is 15.4 Å². The number of carbonyl (C=O) groups excluding carboxylic acids is 2. The lowest BCUT2D eigenvalue weighted by Crippen LogP contribution is -2.36. The Morgan fingerprint density at radius 3 is 2.74 bits per heavy atom. The maximum Gasteiger partial charge on any atom is 0.265 e. The SMILES string of the molecule is CC1Oc2ccc(CC(=O)NC3CCCCCC3)cc2NC1=O. The van der Waals surface area contributed by atoms with E-state index < -0.39 is 6.10 Å². The van der Waals surface area contributed by atoms with Gasteiger partial charge in [-0.05, 0) is 37.5 Å². The first kappa shape index (κ1) is 15.8. The molecule has 0 radical (unpaired) electrons. The van der Waals surface area contributed by atoms with E-state index in [1.54, 1.807) is 6.92 Å². The van der Waals surface area contributed by atoms with Crippen molar-refractivity contribution in [3.8, 4) is 5.75 Å². The summed E-state index contributed by atoms with van der Waals surface area (Å²) in [4.78, 5) is 23.9. The predicted octanol–water partition coefficient (Wildman–Crippen LogP) is 2.79. The Morgan fingerprint density at radius 1 is 1.26 bits per heavy atom. The van der Waals surface area contributed by atoms with Gasteiger partial charge in [-0.2, -0.15) is 0 Å². The van der Waals surface area contributed by atoms with E-state index in [0.717, 1.165) is 18.4 Å². The maximum atomic E-state index is 12.2. The molecule has 1 fully saturated rings. The highest BCUT2D eigenvalue weighted by Gasteiger charge is 2.24. The second-order valence-electron chi connectivity index (χ2n) is 6.51. The van der Waals surface area contributed by atoms with Crippen LogP contribution in [0, 0.1) is 0 Å². The lowest BCUT2D eigenvalue weighted by molar-refractivity contribution is -0.123. The molecule has 1 aromatic rings. The van der Waals surface area contributed by atoms with Crippen molar-refractivity contribution in [3.05, 3.63) is 23.8 Å². The number of rotatable bonds is 3. The van der Waals surface area contributed by atoms with Crippen molar-refractivity contribution in [2.45, 2.75) is 64.0 Å². The van der Waals surface area contributed by atoms with Crippen LogP contribution in [0.25, 0.3) is 0 Å². The molecule has 2 N–H and O–H groups in total. The summed E-state index contributed by atoms with van der Waals surface area (Å²) < 4.78 is 5.53. The molecular weight excluding hydrogens is 292 g/mol. The Balaban J connectivity index is 1.60. The molecule has 2 amide bonds. The second kappa shape index (κ2) is 7.02. The lowest BCUT2D eigenvalue weighted by atomic mass is 10.1. The summed E-state index contributed by atoms with van der Waals surface area (Å²) in [5.41, 5.74) is 1.53. The normalized spacial score (nSPS) is 21.6. The van der Waals surface area contributed by atoms with E-state index in [2.05, 4.69) is 10.6 Å².